The summed E-state index contributed by atoms with van der Waals surface area (Å²) < 4.78 is 0. The summed E-state index contributed by atoms with van der Waals surface area (Å²) in [6.07, 6.45) is 3.32. The lowest BCUT2D eigenvalue weighted by molar-refractivity contribution is 0.101. The van der Waals surface area contributed by atoms with E-state index in [0.717, 1.165) is 24.3 Å². The van der Waals surface area contributed by atoms with Crippen LogP contribution in [0.3, 0.4) is 0 Å². The van der Waals surface area contributed by atoms with E-state index in [1.165, 1.54) is 11.1 Å². The average molecular weight is 257 g/mol. The minimum atomic E-state index is 0.0636. The highest BCUT2D eigenvalue weighted by atomic mass is 32.1. The number of aryl methyl sites for hydroxylation is 1. The quantitative estimate of drug-likeness (QED) is 0.769. The van der Waals surface area contributed by atoms with E-state index in [0.29, 0.717) is 11.6 Å². The summed E-state index contributed by atoms with van der Waals surface area (Å²) in [7, 11) is 0. The van der Waals surface area contributed by atoms with Gasteiger partial charge in [0.1, 0.15) is 5.69 Å². The van der Waals surface area contributed by atoms with Gasteiger partial charge in [-0.1, -0.05) is 24.3 Å². The number of thiazole rings is 1. The molecule has 3 rings (SSSR count). The van der Waals surface area contributed by atoms with E-state index in [4.69, 9.17) is 0 Å². The molecule has 0 amide bonds. The third-order valence-corrected chi connectivity index (χ3v) is 4.59. The number of carbonyl (C=O) groups excluding carboxylic acids is 1. The van der Waals surface area contributed by atoms with Gasteiger partial charge in [0.15, 0.2) is 5.78 Å². The van der Waals surface area contributed by atoms with E-state index >= 15 is 0 Å². The number of rotatable bonds is 2. The van der Waals surface area contributed by atoms with Gasteiger partial charge in [0.25, 0.3) is 0 Å². The summed E-state index contributed by atoms with van der Waals surface area (Å²) in [4.78, 5) is 15.8. The zero-order valence-electron chi connectivity index (χ0n) is 10.3. The zero-order chi connectivity index (χ0) is 12.5. The van der Waals surface area contributed by atoms with Gasteiger partial charge in [-0.3, -0.25) is 4.79 Å². The van der Waals surface area contributed by atoms with E-state index in [9.17, 15) is 4.79 Å². The van der Waals surface area contributed by atoms with Crippen LogP contribution in [0.2, 0.25) is 0 Å². The SMILES string of the molecule is CC(=O)c1csc(C2CCc3ccccc3C2)n1. The van der Waals surface area contributed by atoms with Crippen LogP contribution >= 0.6 is 11.3 Å². The van der Waals surface area contributed by atoms with Crippen LogP contribution in [0.25, 0.3) is 0 Å². The molecule has 0 radical (unpaired) electrons. The lowest BCUT2D eigenvalue weighted by Crippen LogP contribution is -2.12. The standard InChI is InChI=1S/C15H15NOS/c1-10(17)14-9-18-15(16-14)13-7-6-11-4-2-3-5-12(11)8-13/h2-5,9,13H,6-8H2,1H3. The molecule has 1 unspecified atom stereocenters. The van der Waals surface area contributed by atoms with Crippen molar-refractivity contribution in [3.63, 3.8) is 0 Å². The molecule has 92 valence electrons. The van der Waals surface area contributed by atoms with Crippen LogP contribution in [0, 0.1) is 0 Å². The summed E-state index contributed by atoms with van der Waals surface area (Å²) >= 11 is 1.63. The predicted octanol–water partition coefficient (Wildman–Crippen LogP) is 3.62. The number of aromatic nitrogens is 1. The number of fused-ring (bicyclic) bond motifs is 1. The maximum atomic E-state index is 11.3. The Labute approximate surface area is 111 Å². The van der Waals surface area contributed by atoms with E-state index in [2.05, 4.69) is 29.2 Å². The first-order valence-corrected chi connectivity index (χ1v) is 7.15. The maximum absolute atomic E-state index is 11.3. The molecule has 0 saturated heterocycles. The van der Waals surface area contributed by atoms with Gasteiger partial charge in [0.05, 0.1) is 5.01 Å². The monoisotopic (exact) mass is 257 g/mol. The van der Waals surface area contributed by atoms with Crippen molar-refractivity contribution in [2.45, 2.75) is 32.1 Å². The smallest absolute Gasteiger partial charge is 0.178 e. The summed E-state index contributed by atoms with van der Waals surface area (Å²) in [5.41, 5.74) is 3.53. The molecule has 1 aromatic heterocycles. The molecular formula is C15H15NOS. The molecule has 1 aliphatic carbocycles. The van der Waals surface area contributed by atoms with Crippen molar-refractivity contribution >= 4 is 17.1 Å². The Morgan fingerprint density at radius 2 is 2.11 bits per heavy atom. The third-order valence-electron chi connectivity index (χ3n) is 3.58. The van der Waals surface area contributed by atoms with Gasteiger partial charge in [-0.15, -0.1) is 11.3 Å². The fraction of sp³-hybridized carbons (Fsp3) is 0.333. The van der Waals surface area contributed by atoms with Gasteiger partial charge in [-0.2, -0.15) is 0 Å². The van der Waals surface area contributed by atoms with Gasteiger partial charge < -0.3 is 0 Å². The third kappa shape index (κ3) is 2.10. The van der Waals surface area contributed by atoms with Crippen molar-refractivity contribution in [1.82, 2.24) is 4.98 Å². The molecule has 2 nitrogen and oxygen atoms in total. The number of Topliss-reactive ketones (excluding diaryl/α,β-unsaturated/α-hetero) is 1. The maximum Gasteiger partial charge on any atom is 0.178 e. The second-order valence-electron chi connectivity index (χ2n) is 4.84. The Balaban J connectivity index is 1.85. The fourth-order valence-electron chi connectivity index (χ4n) is 2.55. The van der Waals surface area contributed by atoms with Crippen LogP contribution in [0.5, 0.6) is 0 Å². The molecule has 18 heavy (non-hydrogen) atoms. The van der Waals surface area contributed by atoms with Crippen molar-refractivity contribution in [2.24, 2.45) is 0 Å². The average Bonchev–Trinajstić information content (AvgIpc) is 2.88. The van der Waals surface area contributed by atoms with Gasteiger partial charge >= 0.3 is 0 Å². The van der Waals surface area contributed by atoms with Crippen molar-refractivity contribution in [2.75, 3.05) is 0 Å². The second-order valence-corrected chi connectivity index (χ2v) is 5.73. The molecule has 2 aromatic rings. The van der Waals surface area contributed by atoms with Crippen molar-refractivity contribution in [3.8, 4) is 0 Å². The molecule has 1 aliphatic rings. The highest BCUT2D eigenvalue weighted by molar-refractivity contribution is 7.09. The van der Waals surface area contributed by atoms with E-state index in [1.807, 2.05) is 5.38 Å². The molecule has 1 aromatic carbocycles. The summed E-state index contributed by atoms with van der Waals surface area (Å²) in [6, 6.07) is 8.63. The second kappa shape index (κ2) is 4.65. The topological polar surface area (TPSA) is 30.0 Å². The number of benzene rings is 1. The van der Waals surface area contributed by atoms with E-state index < -0.39 is 0 Å². The summed E-state index contributed by atoms with van der Waals surface area (Å²) in [5.74, 6) is 0.548. The fourth-order valence-corrected chi connectivity index (χ4v) is 3.54. The minimum Gasteiger partial charge on any atom is -0.293 e. The van der Waals surface area contributed by atoms with Crippen LogP contribution in [-0.4, -0.2) is 10.8 Å². The largest absolute Gasteiger partial charge is 0.293 e. The first-order valence-electron chi connectivity index (χ1n) is 6.27. The number of nitrogens with zero attached hydrogens (tertiary/aromatic N) is 1. The van der Waals surface area contributed by atoms with Crippen molar-refractivity contribution < 1.29 is 4.79 Å². The summed E-state index contributed by atoms with van der Waals surface area (Å²) in [5, 5.41) is 3.01. The highest BCUT2D eigenvalue weighted by Gasteiger charge is 2.22. The normalized spacial score (nSPS) is 18.4. The predicted molar refractivity (Wildman–Crippen MR) is 73.3 cm³/mol. The van der Waals surface area contributed by atoms with Crippen LogP contribution in [0.4, 0.5) is 0 Å². The molecule has 0 N–H and O–H groups in total. The molecule has 0 saturated carbocycles. The van der Waals surface area contributed by atoms with Gasteiger partial charge in [0, 0.05) is 18.2 Å². The molecule has 0 aliphatic heterocycles. The van der Waals surface area contributed by atoms with Crippen LogP contribution < -0.4 is 0 Å². The van der Waals surface area contributed by atoms with E-state index in [1.54, 1.807) is 18.3 Å². The van der Waals surface area contributed by atoms with Gasteiger partial charge in [-0.05, 0) is 30.4 Å². The van der Waals surface area contributed by atoms with E-state index in [-0.39, 0.29) is 5.78 Å². The highest BCUT2D eigenvalue weighted by Crippen LogP contribution is 2.34. The van der Waals surface area contributed by atoms with Gasteiger partial charge in [0.2, 0.25) is 0 Å². The number of carbonyl (C=O) groups is 1. The molecular weight excluding hydrogens is 242 g/mol. The van der Waals surface area contributed by atoms with Crippen molar-refractivity contribution in [1.29, 1.82) is 0 Å². The van der Waals surface area contributed by atoms with Gasteiger partial charge in [-0.25, -0.2) is 4.98 Å². The summed E-state index contributed by atoms with van der Waals surface area (Å²) in [6.45, 7) is 1.58. The van der Waals surface area contributed by atoms with Crippen LogP contribution in [-0.2, 0) is 12.8 Å². The number of hydrogen-bond acceptors (Lipinski definition) is 3. The Morgan fingerprint density at radius 1 is 1.33 bits per heavy atom. The van der Waals surface area contributed by atoms with Crippen LogP contribution in [0.1, 0.15) is 45.9 Å². The molecule has 0 fully saturated rings. The molecule has 0 spiro atoms. The Morgan fingerprint density at radius 3 is 2.83 bits per heavy atom. The van der Waals surface area contributed by atoms with Crippen LogP contribution in [0.15, 0.2) is 29.6 Å². The molecule has 3 heteroatoms. The first-order chi connectivity index (χ1) is 8.74. The molecule has 1 atom stereocenters. The first kappa shape index (κ1) is 11.6. The molecule has 1 heterocycles. The minimum absolute atomic E-state index is 0.0636. The number of hydrogen-bond donors (Lipinski definition) is 0. The Bertz CT molecular complexity index is 588. The zero-order valence-corrected chi connectivity index (χ0v) is 11.2. The Hall–Kier alpha value is -1.48. The molecule has 0 bridgehead atoms. The van der Waals surface area contributed by atoms with Crippen molar-refractivity contribution in [3.05, 3.63) is 51.5 Å². The lowest BCUT2D eigenvalue weighted by Gasteiger charge is -2.22. The number of ketones is 1. The lowest BCUT2D eigenvalue weighted by atomic mass is 9.84. The Kier molecular flexibility index (Phi) is 3.00.